The van der Waals surface area contributed by atoms with E-state index in [-0.39, 0.29) is 5.91 Å². The highest BCUT2D eigenvalue weighted by atomic mass is 16.5. The summed E-state index contributed by atoms with van der Waals surface area (Å²) < 4.78 is 16.0. The molecule has 0 N–H and O–H groups in total. The Morgan fingerprint density at radius 3 is 2.65 bits per heavy atom. The first kappa shape index (κ1) is 16.9. The Morgan fingerprint density at radius 2 is 2.04 bits per heavy atom. The number of aromatic nitrogens is 1. The van der Waals surface area contributed by atoms with Crippen LogP contribution in [0.1, 0.15) is 26.0 Å². The number of amides is 1. The van der Waals surface area contributed by atoms with Crippen molar-refractivity contribution in [3.05, 3.63) is 30.0 Å². The van der Waals surface area contributed by atoms with Crippen molar-refractivity contribution in [2.24, 2.45) is 0 Å². The van der Waals surface area contributed by atoms with Crippen molar-refractivity contribution in [3.8, 4) is 22.8 Å². The van der Waals surface area contributed by atoms with Crippen LogP contribution in [-0.4, -0.2) is 36.7 Å². The van der Waals surface area contributed by atoms with Crippen LogP contribution in [0, 0.1) is 0 Å². The average molecular weight is 318 g/mol. The van der Waals surface area contributed by atoms with E-state index < -0.39 is 0 Å². The lowest BCUT2D eigenvalue weighted by Gasteiger charge is -2.18. The van der Waals surface area contributed by atoms with Crippen molar-refractivity contribution >= 4 is 5.91 Å². The lowest BCUT2D eigenvalue weighted by molar-refractivity contribution is -0.129. The Bertz CT molecular complexity index is 666. The largest absolute Gasteiger partial charge is 0.497 e. The van der Waals surface area contributed by atoms with Crippen molar-refractivity contribution in [1.82, 2.24) is 10.1 Å². The van der Waals surface area contributed by atoms with Crippen molar-refractivity contribution in [3.63, 3.8) is 0 Å². The quantitative estimate of drug-likeness (QED) is 0.785. The standard InChI is InChI=1S/C17H22N2O4/c1-5-8-19(12(2)20)11-13-9-17(23-18-13)15-7-6-14(21-3)10-16(15)22-4/h6-7,9-10H,5,8,11H2,1-4H3. The van der Waals surface area contributed by atoms with E-state index in [0.717, 1.165) is 12.0 Å². The molecule has 1 aromatic heterocycles. The van der Waals surface area contributed by atoms with Gasteiger partial charge >= 0.3 is 0 Å². The van der Waals surface area contributed by atoms with Crippen molar-refractivity contribution in [2.45, 2.75) is 26.8 Å². The van der Waals surface area contributed by atoms with Gasteiger partial charge in [0.2, 0.25) is 5.91 Å². The predicted molar refractivity (Wildman–Crippen MR) is 86.4 cm³/mol. The third-order valence-electron chi connectivity index (χ3n) is 3.52. The fourth-order valence-electron chi connectivity index (χ4n) is 2.33. The van der Waals surface area contributed by atoms with Gasteiger partial charge in [0.05, 0.1) is 26.3 Å². The van der Waals surface area contributed by atoms with Crippen LogP contribution in [0.5, 0.6) is 11.5 Å². The topological polar surface area (TPSA) is 64.8 Å². The average Bonchev–Trinajstić information content (AvgIpc) is 3.02. The second-order valence-electron chi connectivity index (χ2n) is 5.19. The third kappa shape index (κ3) is 4.03. The maximum absolute atomic E-state index is 11.6. The maximum atomic E-state index is 11.6. The number of methoxy groups -OCH3 is 2. The maximum Gasteiger partial charge on any atom is 0.219 e. The van der Waals surface area contributed by atoms with E-state index in [9.17, 15) is 4.79 Å². The van der Waals surface area contributed by atoms with Gasteiger partial charge in [0, 0.05) is 25.6 Å². The van der Waals surface area contributed by atoms with Crippen LogP contribution < -0.4 is 9.47 Å². The number of rotatable bonds is 7. The summed E-state index contributed by atoms with van der Waals surface area (Å²) in [6, 6.07) is 7.31. The third-order valence-corrected chi connectivity index (χ3v) is 3.52. The Morgan fingerprint density at radius 1 is 1.26 bits per heavy atom. The number of ether oxygens (including phenoxy) is 2. The number of nitrogens with zero attached hydrogens (tertiary/aromatic N) is 2. The Labute approximate surface area is 136 Å². The van der Waals surface area contributed by atoms with Gasteiger partial charge in [-0.3, -0.25) is 4.79 Å². The molecule has 0 radical (unpaired) electrons. The van der Waals surface area contributed by atoms with E-state index in [0.29, 0.717) is 36.0 Å². The highest BCUT2D eigenvalue weighted by Gasteiger charge is 2.15. The molecule has 2 rings (SSSR count). The molecule has 0 aliphatic heterocycles. The number of hydrogen-bond acceptors (Lipinski definition) is 5. The molecule has 1 aromatic carbocycles. The minimum absolute atomic E-state index is 0.0263. The molecule has 0 saturated carbocycles. The summed E-state index contributed by atoms with van der Waals surface area (Å²) in [7, 11) is 3.19. The lowest BCUT2D eigenvalue weighted by atomic mass is 10.1. The second kappa shape index (κ2) is 7.67. The van der Waals surface area contributed by atoms with Crippen molar-refractivity contribution < 1.29 is 18.8 Å². The van der Waals surface area contributed by atoms with Gasteiger partial charge in [-0.25, -0.2) is 0 Å². The highest BCUT2D eigenvalue weighted by Crippen LogP contribution is 2.33. The van der Waals surface area contributed by atoms with E-state index in [1.54, 1.807) is 32.1 Å². The predicted octanol–water partition coefficient (Wildman–Crippen LogP) is 3.12. The molecule has 0 bridgehead atoms. The number of carbonyl (C=O) groups excluding carboxylic acids is 1. The summed E-state index contributed by atoms with van der Waals surface area (Å²) in [5, 5.41) is 4.06. The molecular weight excluding hydrogens is 296 g/mol. The smallest absolute Gasteiger partial charge is 0.219 e. The normalized spacial score (nSPS) is 10.4. The molecule has 0 spiro atoms. The summed E-state index contributed by atoms with van der Waals surface area (Å²) in [5.74, 6) is 1.97. The lowest BCUT2D eigenvalue weighted by Crippen LogP contribution is -2.28. The summed E-state index contributed by atoms with van der Waals surface area (Å²) in [6.07, 6.45) is 0.899. The molecule has 0 saturated heterocycles. The molecule has 124 valence electrons. The minimum Gasteiger partial charge on any atom is -0.497 e. The van der Waals surface area contributed by atoms with Gasteiger partial charge in [-0.1, -0.05) is 12.1 Å². The molecule has 0 unspecified atom stereocenters. The molecule has 0 aliphatic rings. The van der Waals surface area contributed by atoms with Crippen LogP contribution in [0.2, 0.25) is 0 Å². The molecular formula is C17H22N2O4. The number of benzene rings is 1. The van der Waals surface area contributed by atoms with Crippen LogP contribution in [0.4, 0.5) is 0 Å². The summed E-state index contributed by atoms with van der Waals surface area (Å²) >= 11 is 0. The summed E-state index contributed by atoms with van der Waals surface area (Å²) in [4.78, 5) is 13.4. The minimum atomic E-state index is 0.0263. The fraction of sp³-hybridized carbons (Fsp3) is 0.412. The van der Waals surface area contributed by atoms with Crippen molar-refractivity contribution in [2.75, 3.05) is 20.8 Å². The van der Waals surface area contributed by atoms with Crippen LogP contribution >= 0.6 is 0 Å². The molecule has 1 heterocycles. The Hall–Kier alpha value is -2.50. The first-order chi connectivity index (χ1) is 11.1. The first-order valence-electron chi connectivity index (χ1n) is 7.52. The first-order valence-corrected chi connectivity index (χ1v) is 7.52. The van der Waals surface area contributed by atoms with Crippen LogP contribution in [-0.2, 0) is 11.3 Å². The van der Waals surface area contributed by atoms with Gasteiger partial charge in [0.25, 0.3) is 0 Å². The van der Waals surface area contributed by atoms with Gasteiger partial charge in [0.1, 0.15) is 17.2 Å². The molecule has 2 aromatic rings. The molecule has 1 amide bonds. The van der Waals surface area contributed by atoms with E-state index in [1.807, 2.05) is 25.1 Å². The van der Waals surface area contributed by atoms with Gasteiger partial charge in [-0.05, 0) is 18.6 Å². The zero-order valence-corrected chi connectivity index (χ0v) is 14.0. The number of carbonyl (C=O) groups is 1. The second-order valence-corrected chi connectivity index (χ2v) is 5.19. The number of hydrogen-bond donors (Lipinski definition) is 0. The molecule has 23 heavy (non-hydrogen) atoms. The van der Waals surface area contributed by atoms with Crippen LogP contribution in [0.15, 0.2) is 28.8 Å². The van der Waals surface area contributed by atoms with Crippen molar-refractivity contribution in [1.29, 1.82) is 0 Å². The zero-order valence-electron chi connectivity index (χ0n) is 14.0. The summed E-state index contributed by atoms with van der Waals surface area (Å²) in [5.41, 5.74) is 1.50. The van der Waals surface area contributed by atoms with E-state index in [1.165, 1.54) is 0 Å². The zero-order chi connectivity index (χ0) is 16.8. The van der Waals surface area contributed by atoms with Gasteiger partial charge in [0.15, 0.2) is 5.76 Å². The summed E-state index contributed by atoms with van der Waals surface area (Å²) in [6.45, 7) is 4.73. The van der Waals surface area contributed by atoms with Crippen LogP contribution in [0.25, 0.3) is 11.3 Å². The van der Waals surface area contributed by atoms with Crippen LogP contribution in [0.3, 0.4) is 0 Å². The molecule has 6 nitrogen and oxygen atoms in total. The van der Waals surface area contributed by atoms with E-state index >= 15 is 0 Å². The Balaban J connectivity index is 2.23. The highest BCUT2D eigenvalue weighted by molar-refractivity contribution is 5.73. The molecule has 6 heteroatoms. The monoisotopic (exact) mass is 318 g/mol. The van der Waals surface area contributed by atoms with Gasteiger partial charge in [-0.15, -0.1) is 0 Å². The van der Waals surface area contributed by atoms with Gasteiger partial charge < -0.3 is 18.9 Å². The molecule has 0 aliphatic carbocycles. The van der Waals surface area contributed by atoms with E-state index in [4.69, 9.17) is 14.0 Å². The molecule has 0 fully saturated rings. The van der Waals surface area contributed by atoms with E-state index in [2.05, 4.69) is 5.16 Å². The van der Waals surface area contributed by atoms with Gasteiger partial charge in [-0.2, -0.15) is 0 Å². The Kier molecular flexibility index (Phi) is 5.62. The fourth-order valence-corrected chi connectivity index (χ4v) is 2.33. The SMILES string of the molecule is CCCN(Cc1cc(-c2ccc(OC)cc2OC)on1)C(C)=O. The molecule has 0 atom stereocenters.